The third kappa shape index (κ3) is 2.38. The number of rotatable bonds is 4. The fraction of sp³-hybridized carbons (Fsp3) is 0.529. The number of carbonyl (C=O) groups is 2. The van der Waals surface area contributed by atoms with Crippen LogP contribution in [-0.4, -0.2) is 26.4 Å². The lowest BCUT2D eigenvalue weighted by atomic mass is 10.0. The topological polar surface area (TPSA) is 89.3 Å². The second-order valence-electron chi connectivity index (χ2n) is 6.64. The zero-order chi connectivity index (χ0) is 17.8. The summed E-state index contributed by atoms with van der Waals surface area (Å²) >= 11 is 1.41. The van der Waals surface area contributed by atoms with Crippen LogP contribution in [0.5, 0.6) is 0 Å². The van der Waals surface area contributed by atoms with Gasteiger partial charge in [-0.2, -0.15) is 0 Å². The summed E-state index contributed by atoms with van der Waals surface area (Å²) in [5.74, 6) is -1.14. The summed E-state index contributed by atoms with van der Waals surface area (Å²) in [5, 5.41) is 9.85. The number of hydrogen-bond donors (Lipinski definition) is 1. The fourth-order valence-corrected chi connectivity index (χ4v) is 4.58. The van der Waals surface area contributed by atoms with E-state index in [1.54, 1.807) is 6.92 Å². The van der Waals surface area contributed by atoms with Gasteiger partial charge in [0.25, 0.3) is 5.56 Å². The number of carbonyl (C=O) groups excluding carboxylic acids is 1. The van der Waals surface area contributed by atoms with Gasteiger partial charge in [0.05, 0.1) is 17.3 Å². The van der Waals surface area contributed by atoms with Gasteiger partial charge in [-0.05, 0) is 32.3 Å². The van der Waals surface area contributed by atoms with Crippen molar-refractivity contribution in [1.82, 2.24) is 9.55 Å². The summed E-state index contributed by atoms with van der Waals surface area (Å²) in [6.07, 6.45) is 1.17. The molecule has 0 fully saturated rings. The molecule has 0 spiro atoms. The molecule has 2 aromatic heterocycles. The molecule has 2 heterocycles. The molecule has 6 nitrogen and oxygen atoms in total. The first kappa shape index (κ1) is 16.8. The molecule has 0 aromatic carbocycles. The zero-order valence-corrected chi connectivity index (χ0v) is 14.9. The smallest absolute Gasteiger partial charge is 0.311 e. The van der Waals surface area contributed by atoms with Gasteiger partial charge < -0.3 is 5.11 Å². The van der Waals surface area contributed by atoms with Gasteiger partial charge in [-0.25, -0.2) is 4.98 Å². The molecule has 0 saturated heterocycles. The molecule has 0 amide bonds. The molecule has 7 heteroatoms. The number of aromatic nitrogens is 2. The maximum Gasteiger partial charge on any atom is 0.311 e. The second kappa shape index (κ2) is 5.81. The minimum absolute atomic E-state index is 0.0175. The largest absolute Gasteiger partial charge is 0.481 e. The standard InChI is InChI=1S/C17H20N2O4S/c1-7(2)14-18-15-13(16(21)19(14)8(3)9(4)20)12-10(17(22)23)5-6-11(12)24-15/h7-8,10H,5-6H2,1-4H3,(H,22,23). The Morgan fingerprint density at radius 1 is 1.33 bits per heavy atom. The first-order valence-electron chi connectivity index (χ1n) is 8.05. The van der Waals surface area contributed by atoms with Crippen LogP contribution in [0.2, 0.25) is 0 Å². The highest BCUT2D eigenvalue weighted by Crippen LogP contribution is 2.42. The van der Waals surface area contributed by atoms with Crippen molar-refractivity contribution in [3.63, 3.8) is 0 Å². The number of carboxylic acids is 1. The van der Waals surface area contributed by atoms with Crippen LogP contribution in [0.4, 0.5) is 0 Å². The quantitative estimate of drug-likeness (QED) is 0.918. The van der Waals surface area contributed by atoms with E-state index in [1.165, 1.54) is 22.8 Å². The van der Waals surface area contributed by atoms with E-state index in [1.807, 2.05) is 13.8 Å². The third-order valence-corrected chi connectivity index (χ3v) is 5.86. The van der Waals surface area contributed by atoms with Gasteiger partial charge in [0.1, 0.15) is 10.7 Å². The molecule has 1 N–H and O–H groups in total. The number of ketones is 1. The van der Waals surface area contributed by atoms with Gasteiger partial charge in [0.2, 0.25) is 0 Å². The Kier molecular flexibility index (Phi) is 4.07. The van der Waals surface area contributed by atoms with Gasteiger partial charge in [-0.3, -0.25) is 19.0 Å². The molecule has 2 aromatic rings. The number of Topliss-reactive ketones (excluding diaryl/α,β-unsaturated/α-hetero) is 1. The molecule has 24 heavy (non-hydrogen) atoms. The number of aliphatic carboxylic acids is 1. The molecule has 0 bridgehead atoms. The monoisotopic (exact) mass is 348 g/mol. The lowest BCUT2D eigenvalue weighted by Gasteiger charge is -2.19. The Morgan fingerprint density at radius 3 is 2.54 bits per heavy atom. The molecule has 0 saturated carbocycles. The molecule has 2 unspecified atom stereocenters. The van der Waals surface area contributed by atoms with Crippen molar-refractivity contribution in [2.45, 2.75) is 58.4 Å². The summed E-state index contributed by atoms with van der Waals surface area (Å²) in [6, 6.07) is -0.618. The van der Waals surface area contributed by atoms with Crippen molar-refractivity contribution in [3.05, 3.63) is 26.6 Å². The van der Waals surface area contributed by atoms with Crippen molar-refractivity contribution < 1.29 is 14.7 Å². The van der Waals surface area contributed by atoms with E-state index in [4.69, 9.17) is 0 Å². The number of nitrogens with zero attached hydrogens (tertiary/aromatic N) is 2. The van der Waals surface area contributed by atoms with E-state index < -0.39 is 17.9 Å². The lowest BCUT2D eigenvalue weighted by molar-refractivity contribution is -0.138. The number of hydrogen-bond acceptors (Lipinski definition) is 5. The molecule has 0 radical (unpaired) electrons. The van der Waals surface area contributed by atoms with Crippen LogP contribution >= 0.6 is 11.3 Å². The van der Waals surface area contributed by atoms with Gasteiger partial charge in [0.15, 0.2) is 5.78 Å². The molecule has 128 valence electrons. The van der Waals surface area contributed by atoms with E-state index in [0.29, 0.717) is 34.4 Å². The summed E-state index contributed by atoms with van der Waals surface area (Å²) in [4.78, 5) is 42.7. The minimum Gasteiger partial charge on any atom is -0.481 e. The first-order valence-corrected chi connectivity index (χ1v) is 8.86. The zero-order valence-electron chi connectivity index (χ0n) is 14.1. The van der Waals surface area contributed by atoms with Crippen molar-refractivity contribution in [3.8, 4) is 0 Å². The van der Waals surface area contributed by atoms with E-state index in [0.717, 1.165) is 4.88 Å². The molecule has 3 rings (SSSR count). The highest BCUT2D eigenvalue weighted by atomic mass is 32.1. The number of thiophene rings is 1. The minimum atomic E-state index is -0.910. The number of fused-ring (bicyclic) bond motifs is 3. The second-order valence-corrected chi connectivity index (χ2v) is 7.72. The summed E-state index contributed by atoms with van der Waals surface area (Å²) < 4.78 is 1.44. The Labute approximate surface area is 143 Å². The Balaban J connectivity index is 2.39. The van der Waals surface area contributed by atoms with Crippen LogP contribution in [0.25, 0.3) is 10.2 Å². The van der Waals surface area contributed by atoms with E-state index in [-0.39, 0.29) is 17.3 Å². The van der Waals surface area contributed by atoms with Crippen LogP contribution in [0, 0.1) is 0 Å². The summed E-state index contributed by atoms with van der Waals surface area (Å²) in [6.45, 7) is 6.99. The summed E-state index contributed by atoms with van der Waals surface area (Å²) in [7, 11) is 0. The number of aryl methyl sites for hydroxylation is 1. The molecule has 0 aliphatic heterocycles. The molecular weight excluding hydrogens is 328 g/mol. The van der Waals surface area contributed by atoms with Gasteiger partial charge in [-0.1, -0.05) is 13.8 Å². The Morgan fingerprint density at radius 2 is 2.00 bits per heavy atom. The van der Waals surface area contributed by atoms with Crippen molar-refractivity contribution in [2.75, 3.05) is 0 Å². The average molecular weight is 348 g/mol. The molecule has 2 atom stereocenters. The van der Waals surface area contributed by atoms with Gasteiger partial charge >= 0.3 is 5.97 Å². The predicted molar refractivity (Wildman–Crippen MR) is 92.1 cm³/mol. The van der Waals surface area contributed by atoms with E-state index >= 15 is 0 Å². The highest BCUT2D eigenvalue weighted by Gasteiger charge is 2.35. The van der Waals surface area contributed by atoms with Crippen molar-refractivity contribution >= 4 is 33.3 Å². The van der Waals surface area contributed by atoms with Crippen LogP contribution < -0.4 is 5.56 Å². The maximum atomic E-state index is 13.2. The average Bonchev–Trinajstić information content (AvgIpc) is 3.03. The molecule has 1 aliphatic rings. The SMILES string of the molecule is CC(=O)C(C)n1c(C(C)C)nc2sc3c(c2c1=O)C(C(=O)O)CC3. The van der Waals surface area contributed by atoms with Crippen LogP contribution in [0.3, 0.4) is 0 Å². The first-order chi connectivity index (χ1) is 11.2. The number of carboxylic acid groups (broad SMARTS) is 1. The summed E-state index contributed by atoms with van der Waals surface area (Å²) in [5.41, 5.74) is 0.317. The van der Waals surface area contributed by atoms with Gasteiger partial charge in [-0.15, -0.1) is 11.3 Å². The Hall–Kier alpha value is -2.02. The fourth-order valence-electron chi connectivity index (χ4n) is 3.33. The third-order valence-electron chi connectivity index (χ3n) is 4.70. The predicted octanol–water partition coefficient (Wildman–Crippen LogP) is 2.85. The van der Waals surface area contributed by atoms with Crippen molar-refractivity contribution in [1.29, 1.82) is 0 Å². The van der Waals surface area contributed by atoms with E-state index in [2.05, 4.69) is 4.98 Å². The van der Waals surface area contributed by atoms with E-state index in [9.17, 15) is 19.5 Å². The van der Waals surface area contributed by atoms with Crippen LogP contribution in [0.15, 0.2) is 4.79 Å². The van der Waals surface area contributed by atoms with Gasteiger partial charge in [0, 0.05) is 10.8 Å². The molecular formula is C17H20N2O4S. The maximum absolute atomic E-state index is 13.2. The Bertz CT molecular complexity index is 909. The normalized spacial score (nSPS) is 18.1. The van der Waals surface area contributed by atoms with Crippen LogP contribution in [-0.2, 0) is 16.0 Å². The lowest BCUT2D eigenvalue weighted by Crippen LogP contribution is -2.32. The molecule has 1 aliphatic carbocycles. The van der Waals surface area contributed by atoms with Crippen LogP contribution in [0.1, 0.15) is 68.3 Å². The highest BCUT2D eigenvalue weighted by molar-refractivity contribution is 7.18. The van der Waals surface area contributed by atoms with Crippen molar-refractivity contribution in [2.24, 2.45) is 0 Å².